The quantitative estimate of drug-likeness (QED) is 0.765. The lowest BCUT2D eigenvalue weighted by molar-refractivity contribution is 0.585. The number of nitrogen functional groups attached to an aromatic ring is 1. The molecule has 0 saturated heterocycles. The van der Waals surface area contributed by atoms with E-state index >= 15 is 0 Å². The van der Waals surface area contributed by atoms with Crippen LogP contribution in [0.5, 0.6) is 0 Å². The molecule has 2 aromatic carbocycles. The van der Waals surface area contributed by atoms with Crippen molar-refractivity contribution in [3.8, 4) is 17.2 Å². The first-order valence-corrected chi connectivity index (χ1v) is 4.86. The molecule has 0 saturated carbocycles. The second-order valence-electron chi connectivity index (χ2n) is 3.58. The predicted molar refractivity (Wildman–Crippen MR) is 60.9 cm³/mol. The van der Waals surface area contributed by atoms with E-state index in [-0.39, 0.29) is 5.56 Å². The minimum Gasteiger partial charge on any atom is -0.399 e. The smallest absolute Gasteiger partial charge is 0.133 e. The van der Waals surface area contributed by atoms with Crippen LogP contribution in [-0.4, -0.2) is 0 Å². The summed E-state index contributed by atoms with van der Waals surface area (Å²) in [5.74, 6) is -1.32. The lowest BCUT2D eigenvalue weighted by atomic mass is 10.0. The van der Waals surface area contributed by atoms with Crippen LogP contribution in [0.4, 0.5) is 14.5 Å². The van der Waals surface area contributed by atoms with Gasteiger partial charge in [-0.2, -0.15) is 5.26 Å². The van der Waals surface area contributed by atoms with Gasteiger partial charge in [-0.3, -0.25) is 0 Å². The molecule has 0 aromatic heterocycles. The highest BCUT2D eigenvalue weighted by Crippen LogP contribution is 2.26. The van der Waals surface area contributed by atoms with Crippen LogP contribution in [0.25, 0.3) is 11.1 Å². The summed E-state index contributed by atoms with van der Waals surface area (Å²) in [7, 11) is 0. The maximum absolute atomic E-state index is 13.5. The van der Waals surface area contributed by atoms with Crippen molar-refractivity contribution in [2.75, 3.05) is 5.73 Å². The molecule has 2 nitrogen and oxygen atoms in total. The van der Waals surface area contributed by atoms with Gasteiger partial charge in [0, 0.05) is 17.3 Å². The highest BCUT2D eigenvalue weighted by Gasteiger charge is 2.08. The molecule has 4 heteroatoms. The van der Waals surface area contributed by atoms with E-state index in [2.05, 4.69) is 0 Å². The SMILES string of the molecule is N#Cc1cc(N)cc(-c2ccc(F)cc2F)c1. The van der Waals surface area contributed by atoms with Crippen molar-refractivity contribution in [1.29, 1.82) is 5.26 Å². The molecular formula is C13H8F2N2. The molecule has 0 radical (unpaired) electrons. The minimum atomic E-state index is -0.681. The molecule has 0 amide bonds. The number of rotatable bonds is 1. The van der Waals surface area contributed by atoms with E-state index in [4.69, 9.17) is 11.0 Å². The third-order valence-corrected chi connectivity index (χ3v) is 2.33. The van der Waals surface area contributed by atoms with Crippen molar-refractivity contribution >= 4 is 5.69 Å². The topological polar surface area (TPSA) is 49.8 Å². The van der Waals surface area contributed by atoms with Crippen LogP contribution in [0, 0.1) is 23.0 Å². The van der Waals surface area contributed by atoms with E-state index in [0.29, 0.717) is 16.8 Å². The molecular weight excluding hydrogens is 222 g/mol. The summed E-state index contributed by atoms with van der Waals surface area (Å²) in [5.41, 5.74) is 6.98. The highest BCUT2D eigenvalue weighted by molar-refractivity contribution is 5.70. The van der Waals surface area contributed by atoms with Gasteiger partial charge in [0.2, 0.25) is 0 Å². The van der Waals surface area contributed by atoms with Gasteiger partial charge >= 0.3 is 0 Å². The summed E-state index contributed by atoms with van der Waals surface area (Å²) < 4.78 is 26.3. The Morgan fingerprint density at radius 1 is 1.06 bits per heavy atom. The largest absolute Gasteiger partial charge is 0.399 e. The molecule has 0 unspecified atom stereocenters. The van der Waals surface area contributed by atoms with Crippen molar-refractivity contribution in [1.82, 2.24) is 0 Å². The average Bonchev–Trinajstić information content (AvgIpc) is 2.28. The van der Waals surface area contributed by atoms with E-state index in [9.17, 15) is 8.78 Å². The Hall–Kier alpha value is -2.41. The van der Waals surface area contributed by atoms with Crippen molar-refractivity contribution in [3.63, 3.8) is 0 Å². The molecule has 0 bridgehead atoms. The van der Waals surface area contributed by atoms with Gasteiger partial charge in [0.15, 0.2) is 0 Å². The average molecular weight is 230 g/mol. The molecule has 17 heavy (non-hydrogen) atoms. The Balaban J connectivity index is 2.61. The zero-order valence-electron chi connectivity index (χ0n) is 8.74. The van der Waals surface area contributed by atoms with Crippen LogP contribution in [0.1, 0.15) is 5.56 Å². The maximum atomic E-state index is 13.5. The third kappa shape index (κ3) is 2.23. The fraction of sp³-hybridized carbons (Fsp3) is 0. The lowest BCUT2D eigenvalue weighted by Crippen LogP contribution is -1.91. The Morgan fingerprint density at radius 3 is 2.47 bits per heavy atom. The number of nitrogens with two attached hydrogens (primary N) is 1. The normalized spacial score (nSPS) is 9.94. The van der Waals surface area contributed by atoms with Gasteiger partial charge in [0.25, 0.3) is 0 Å². The van der Waals surface area contributed by atoms with Gasteiger partial charge in [0.05, 0.1) is 11.6 Å². The lowest BCUT2D eigenvalue weighted by Gasteiger charge is -2.05. The molecule has 0 aliphatic heterocycles. The number of benzene rings is 2. The highest BCUT2D eigenvalue weighted by atomic mass is 19.1. The summed E-state index contributed by atoms with van der Waals surface area (Å²) >= 11 is 0. The van der Waals surface area contributed by atoms with Crippen molar-refractivity contribution in [3.05, 3.63) is 53.6 Å². The van der Waals surface area contributed by atoms with Crippen LogP contribution < -0.4 is 5.73 Å². The summed E-state index contributed by atoms with van der Waals surface area (Å²) in [6, 6.07) is 9.75. The number of halogens is 2. The maximum Gasteiger partial charge on any atom is 0.133 e. The fourth-order valence-corrected chi connectivity index (χ4v) is 1.60. The summed E-state index contributed by atoms with van der Waals surface area (Å²) in [6.07, 6.45) is 0. The third-order valence-electron chi connectivity index (χ3n) is 2.33. The molecule has 0 atom stereocenters. The van der Waals surface area contributed by atoms with E-state index in [1.165, 1.54) is 24.3 Å². The summed E-state index contributed by atoms with van der Waals surface area (Å²) in [5, 5.41) is 8.79. The number of nitriles is 1. The molecule has 2 rings (SSSR count). The Bertz CT molecular complexity index is 615. The van der Waals surface area contributed by atoms with E-state index < -0.39 is 11.6 Å². The molecule has 2 aromatic rings. The zero-order valence-corrected chi connectivity index (χ0v) is 8.74. The monoisotopic (exact) mass is 230 g/mol. The number of anilines is 1. The molecule has 0 aliphatic rings. The van der Waals surface area contributed by atoms with Crippen LogP contribution in [0.2, 0.25) is 0 Å². The Morgan fingerprint density at radius 2 is 1.82 bits per heavy atom. The molecule has 0 spiro atoms. The van der Waals surface area contributed by atoms with Gasteiger partial charge in [-0.05, 0) is 35.9 Å². The Labute approximate surface area is 96.9 Å². The molecule has 0 aliphatic carbocycles. The second-order valence-corrected chi connectivity index (χ2v) is 3.58. The zero-order chi connectivity index (χ0) is 12.4. The Kier molecular flexibility index (Phi) is 2.75. The summed E-state index contributed by atoms with van der Waals surface area (Å²) in [4.78, 5) is 0. The van der Waals surface area contributed by atoms with Crippen molar-refractivity contribution in [2.45, 2.75) is 0 Å². The number of hydrogen-bond donors (Lipinski definition) is 1. The predicted octanol–water partition coefficient (Wildman–Crippen LogP) is 3.09. The van der Waals surface area contributed by atoms with Gasteiger partial charge in [0.1, 0.15) is 11.6 Å². The summed E-state index contributed by atoms with van der Waals surface area (Å²) in [6.45, 7) is 0. The minimum absolute atomic E-state index is 0.218. The second kappa shape index (κ2) is 4.22. The van der Waals surface area contributed by atoms with E-state index in [1.807, 2.05) is 6.07 Å². The van der Waals surface area contributed by atoms with Crippen LogP contribution in [0.15, 0.2) is 36.4 Å². The van der Waals surface area contributed by atoms with Gasteiger partial charge < -0.3 is 5.73 Å². The molecule has 2 N–H and O–H groups in total. The molecule has 0 heterocycles. The van der Waals surface area contributed by atoms with Crippen LogP contribution in [0.3, 0.4) is 0 Å². The standard InChI is InChI=1S/C13H8F2N2/c14-10-1-2-12(13(15)6-10)9-3-8(7-16)4-11(17)5-9/h1-6H,17H2. The van der Waals surface area contributed by atoms with Crippen molar-refractivity contribution < 1.29 is 8.78 Å². The molecule has 0 fully saturated rings. The van der Waals surface area contributed by atoms with Gasteiger partial charge in [-0.25, -0.2) is 8.78 Å². The van der Waals surface area contributed by atoms with Crippen LogP contribution >= 0.6 is 0 Å². The van der Waals surface area contributed by atoms with Gasteiger partial charge in [-0.1, -0.05) is 0 Å². The van der Waals surface area contributed by atoms with Gasteiger partial charge in [-0.15, -0.1) is 0 Å². The first-order chi connectivity index (χ1) is 8.10. The number of nitrogens with zero attached hydrogens (tertiary/aromatic N) is 1. The van der Waals surface area contributed by atoms with Crippen LogP contribution in [-0.2, 0) is 0 Å². The molecule has 84 valence electrons. The fourth-order valence-electron chi connectivity index (χ4n) is 1.60. The first kappa shape index (κ1) is 11.1. The number of hydrogen-bond acceptors (Lipinski definition) is 2. The van der Waals surface area contributed by atoms with Crippen molar-refractivity contribution in [2.24, 2.45) is 0 Å². The first-order valence-electron chi connectivity index (χ1n) is 4.86. The van der Waals surface area contributed by atoms with E-state index in [0.717, 1.165) is 12.1 Å². The van der Waals surface area contributed by atoms with E-state index in [1.54, 1.807) is 0 Å².